The summed E-state index contributed by atoms with van der Waals surface area (Å²) in [7, 11) is -2.37. The summed E-state index contributed by atoms with van der Waals surface area (Å²) in [4.78, 5) is 12.4. The smallest absolute Gasteiger partial charge is 0.335 e. The van der Waals surface area contributed by atoms with Gasteiger partial charge < -0.3 is 10.0 Å². The van der Waals surface area contributed by atoms with Crippen LogP contribution in [0, 0.1) is 0 Å². The monoisotopic (exact) mass is 320 g/mol. The standard InChI is InChI=1S/C12H17ClN2O4S/c1-3-4-5-15(2)9-6-8(12(16)17)7-10(11(9)13)20(14,18)19/h6-7H,3-5H2,1-2H3,(H,16,17)(H2,14,18,19). The van der Waals surface area contributed by atoms with Crippen molar-refractivity contribution in [3.8, 4) is 0 Å². The minimum atomic E-state index is -4.09. The van der Waals surface area contributed by atoms with Gasteiger partial charge in [-0.25, -0.2) is 18.4 Å². The molecule has 3 N–H and O–H groups in total. The van der Waals surface area contributed by atoms with Crippen LogP contribution in [-0.2, 0) is 10.0 Å². The molecule has 0 radical (unpaired) electrons. The summed E-state index contributed by atoms with van der Waals surface area (Å²) in [5.41, 5.74) is 0.167. The lowest BCUT2D eigenvalue weighted by Crippen LogP contribution is -2.21. The van der Waals surface area contributed by atoms with E-state index in [2.05, 4.69) is 0 Å². The first kappa shape index (κ1) is 16.7. The Morgan fingerprint density at radius 1 is 1.45 bits per heavy atom. The van der Waals surface area contributed by atoms with Gasteiger partial charge in [-0.15, -0.1) is 0 Å². The highest BCUT2D eigenvalue weighted by atomic mass is 35.5. The Kier molecular flexibility index (Phi) is 5.38. The van der Waals surface area contributed by atoms with Crippen LogP contribution in [0.15, 0.2) is 17.0 Å². The van der Waals surface area contributed by atoms with Gasteiger partial charge in [0.25, 0.3) is 0 Å². The number of rotatable bonds is 6. The zero-order valence-corrected chi connectivity index (χ0v) is 12.8. The summed E-state index contributed by atoms with van der Waals surface area (Å²) in [6, 6.07) is 2.31. The number of nitrogens with two attached hydrogens (primary N) is 1. The number of carbonyl (C=O) groups is 1. The van der Waals surface area contributed by atoms with Crippen molar-refractivity contribution in [1.29, 1.82) is 0 Å². The number of primary sulfonamides is 1. The SMILES string of the molecule is CCCCN(C)c1cc(C(=O)O)cc(S(N)(=O)=O)c1Cl. The predicted octanol–water partition coefficient (Wildman–Crippen LogP) is 1.92. The normalized spacial score (nSPS) is 11.4. The van der Waals surface area contributed by atoms with Crippen LogP contribution in [0.1, 0.15) is 30.1 Å². The Morgan fingerprint density at radius 2 is 2.05 bits per heavy atom. The zero-order valence-electron chi connectivity index (χ0n) is 11.3. The number of aromatic carboxylic acids is 1. The van der Waals surface area contributed by atoms with Crippen LogP contribution in [0.5, 0.6) is 0 Å². The molecular formula is C12H17ClN2O4S. The fourth-order valence-corrected chi connectivity index (χ4v) is 2.93. The molecule has 0 saturated heterocycles. The quantitative estimate of drug-likeness (QED) is 0.834. The molecule has 0 spiro atoms. The van der Waals surface area contributed by atoms with Gasteiger partial charge in [-0.05, 0) is 18.6 Å². The van der Waals surface area contributed by atoms with Gasteiger partial charge in [0.2, 0.25) is 10.0 Å². The molecular weight excluding hydrogens is 304 g/mol. The largest absolute Gasteiger partial charge is 0.478 e. The first-order chi connectivity index (χ1) is 9.18. The van der Waals surface area contributed by atoms with E-state index in [4.69, 9.17) is 21.8 Å². The third-order valence-corrected chi connectivity index (χ3v) is 4.28. The van der Waals surface area contributed by atoms with Gasteiger partial charge >= 0.3 is 5.97 Å². The molecule has 8 heteroatoms. The maximum Gasteiger partial charge on any atom is 0.335 e. The maximum atomic E-state index is 11.5. The lowest BCUT2D eigenvalue weighted by Gasteiger charge is -2.22. The summed E-state index contributed by atoms with van der Waals surface area (Å²) in [6.45, 7) is 2.64. The Balaban J connectivity index is 3.43. The summed E-state index contributed by atoms with van der Waals surface area (Å²) < 4.78 is 23.0. The van der Waals surface area contributed by atoms with Crippen molar-refractivity contribution in [2.24, 2.45) is 5.14 Å². The van der Waals surface area contributed by atoms with Crippen molar-refractivity contribution in [2.45, 2.75) is 24.7 Å². The molecule has 1 rings (SSSR count). The fourth-order valence-electron chi connectivity index (χ4n) is 1.71. The number of halogens is 1. The van der Waals surface area contributed by atoms with Crippen molar-refractivity contribution < 1.29 is 18.3 Å². The number of sulfonamides is 1. The van der Waals surface area contributed by atoms with Crippen molar-refractivity contribution in [1.82, 2.24) is 0 Å². The molecule has 1 aromatic rings. The average Bonchev–Trinajstić information content (AvgIpc) is 2.34. The molecule has 0 unspecified atom stereocenters. The molecule has 112 valence electrons. The van der Waals surface area contributed by atoms with Crippen molar-refractivity contribution in [2.75, 3.05) is 18.5 Å². The van der Waals surface area contributed by atoms with Gasteiger partial charge in [0.05, 0.1) is 16.3 Å². The molecule has 0 aliphatic carbocycles. The first-order valence-electron chi connectivity index (χ1n) is 5.99. The van der Waals surface area contributed by atoms with Gasteiger partial charge in [0, 0.05) is 13.6 Å². The van der Waals surface area contributed by atoms with E-state index in [1.807, 2.05) is 6.92 Å². The maximum absolute atomic E-state index is 11.5. The lowest BCUT2D eigenvalue weighted by molar-refractivity contribution is 0.0696. The number of nitrogens with zero attached hydrogens (tertiary/aromatic N) is 1. The Labute approximate surface area is 123 Å². The van der Waals surface area contributed by atoms with Crippen molar-refractivity contribution in [3.63, 3.8) is 0 Å². The number of hydrogen-bond donors (Lipinski definition) is 2. The fraction of sp³-hybridized carbons (Fsp3) is 0.417. The third-order valence-electron chi connectivity index (χ3n) is 2.83. The minimum absolute atomic E-state index is 0.0592. The summed E-state index contributed by atoms with van der Waals surface area (Å²) in [5.74, 6) is -1.24. The minimum Gasteiger partial charge on any atom is -0.478 e. The molecule has 0 aliphatic rings. The number of unbranched alkanes of at least 4 members (excludes halogenated alkanes) is 1. The lowest BCUT2D eigenvalue weighted by atomic mass is 10.2. The molecule has 0 bridgehead atoms. The predicted molar refractivity (Wildman–Crippen MR) is 78.0 cm³/mol. The van der Waals surface area contributed by atoms with E-state index in [9.17, 15) is 13.2 Å². The molecule has 0 aromatic heterocycles. The van der Waals surface area contributed by atoms with Crippen LogP contribution in [0.25, 0.3) is 0 Å². The van der Waals surface area contributed by atoms with Gasteiger partial charge in [0.1, 0.15) is 4.90 Å². The molecule has 1 aromatic carbocycles. The summed E-state index contributed by atoms with van der Waals surface area (Å²) in [6.07, 6.45) is 1.82. The second-order valence-electron chi connectivity index (χ2n) is 4.43. The van der Waals surface area contributed by atoms with Crippen molar-refractivity contribution >= 4 is 33.3 Å². The van der Waals surface area contributed by atoms with E-state index in [1.54, 1.807) is 11.9 Å². The van der Waals surface area contributed by atoms with Gasteiger partial charge in [0.15, 0.2) is 0 Å². The zero-order chi connectivity index (χ0) is 15.5. The topological polar surface area (TPSA) is 101 Å². The van der Waals surface area contributed by atoms with Crippen LogP contribution < -0.4 is 10.0 Å². The van der Waals surface area contributed by atoms with Crippen LogP contribution >= 0.6 is 11.6 Å². The number of carboxylic acid groups (broad SMARTS) is 1. The highest BCUT2D eigenvalue weighted by molar-refractivity contribution is 7.89. The van der Waals surface area contributed by atoms with Gasteiger partial charge in [-0.2, -0.15) is 0 Å². The number of benzene rings is 1. The molecule has 20 heavy (non-hydrogen) atoms. The van der Waals surface area contributed by atoms with E-state index in [1.165, 1.54) is 6.07 Å². The Morgan fingerprint density at radius 3 is 2.50 bits per heavy atom. The van der Waals surface area contributed by atoms with Gasteiger partial charge in [-0.1, -0.05) is 24.9 Å². The highest BCUT2D eigenvalue weighted by Crippen LogP contribution is 2.33. The van der Waals surface area contributed by atoms with Crippen LogP contribution in [0.4, 0.5) is 5.69 Å². The molecule has 0 fully saturated rings. The molecule has 6 nitrogen and oxygen atoms in total. The van der Waals surface area contributed by atoms with Crippen molar-refractivity contribution in [3.05, 3.63) is 22.7 Å². The van der Waals surface area contributed by atoms with Crippen LogP contribution in [-0.4, -0.2) is 33.1 Å². The second-order valence-corrected chi connectivity index (χ2v) is 6.34. The Bertz CT molecular complexity index is 616. The molecule has 0 saturated carbocycles. The molecule has 0 aliphatic heterocycles. The van der Waals surface area contributed by atoms with Crippen LogP contribution in [0.3, 0.4) is 0 Å². The molecule has 0 atom stereocenters. The molecule has 0 amide bonds. The third kappa shape index (κ3) is 3.84. The molecule has 0 heterocycles. The number of anilines is 1. The number of carboxylic acids is 1. The van der Waals surface area contributed by atoms with E-state index in [-0.39, 0.29) is 15.5 Å². The van der Waals surface area contributed by atoms with E-state index < -0.39 is 16.0 Å². The van der Waals surface area contributed by atoms with E-state index in [0.717, 1.165) is 18.9 Å². The summed E-state index contributed by atoms with van der Waals surface area (Å²) in [5, 5.41) is 14.1. The van der Waals surface area contributed by atoms with E-state index >= 15 is 0 Å². The Hall–Kier alpha value is -1.31. The van der Waals surface area contributed by atoms with Gasteiger partial charge in [-0.3, -0.25) is 0 Å². The highest BCUT2D eigenvalue weighted by Gasteiger charge is 2.21. The average molecular weight is 321 g/mol. The summed E-state index contributed by atoms with van der Waals surface area (Å²) >= 11 is 6.05. The first-order valence-corrected chi connectivity index (χ1v) is 7.91. The second kappa shape index (κ2) is 6.43. The van der Waals surface area contributed by atoms with Crippen LogP contribution in [0.2, 0.25) is 5.02 Å². The number of hydrogen-bond acceptors (Lipinski definition) is 4. The van der Waals surface area contributed by atoms with E-state index in [0.29, 0.717) is 12.2 Å².